The first kappa shape index (κ1) is 19.0. The zero-order valence-corrected chi connectivity index (χ0v) is 17.0. The van der Waals surface area contributed by atoms with Crippen molar-refractivity contribution in [2.24, 2.45) is 0 Å². The van der Waals surface area contributed by atoms with E-state index in [1.54, 1.807) is 12.1 Å². The molecule has 2 aromatic heterocycles. The summed E-state index contributed by atoms with van der Waals surface area (Å²) in [4.78, 5) is 21.4. The molecule has 2 heterocycles. The molecule has 0 saturated carbocycles. The Balaban J connectivity index is 1.51. The Bertz CT molecular complexity index is 1190. The molecule has 0 unspecified atom stereocenters. The van der Waals surface area contributed by atoms with Crippen molar-refractivity contribution in [2.45, 2.75) is 10.1 Å². The van der Waals surface area contributed by atoms with Crippen molar-refractivity contribution in [1.29, 1.82) is 0 Å². The van der Waals surface area contributed by atoms with E-state index in [4.69, 9.17) is 0 Å². The number of thiophene rings is 1. The van der Waals surface area contributed by atoms with Crippen LogP contribution in [0.25, 0.3) is 21.3 Å². The van der Waals surface area contributed by atoms with Gasteiger partial charge in [-0.2, -0.15) is 0 Å². The Morgan fingerprint density at radius 3 is 2.61 bits per heavy atom. The average molecular weight is 431 g/mol. The molecule has 1 atom stereocenters. The fraction of sp³-hybridized carbons (Fsp3) is 0.100. The third-order valence-electron chi connectivity index (χ3n) is 4.09. The van der Waals surface area contributed by atoms with Gasteiger partial charge in [-0.15, -0.1) is 11.3 Å². The Kier molecular flexibility index (Phi) is 5.70. The SMILES string of the molecule is O=c1[nH]c(SCC[S@](=O)c2ccccc2)nc2scc(-c3ccc(F)cc3)c12. The monoisotopic (exact) mass is 430 g/mol. The molecular weight excluding hydrogens is 415 g/mol. The molecule has 4 aromatic rings. The van der Waals surface area contributed by atoms with Gasteiger partial charge in [0.15, 0.2) is 5.16 Å². The van der Waals surface area contributed by atoms with Crippen LogP contribution in [0.5, 0.6) is 0 Å². The number of benzene rings is 2. The summed E-state index contributed by atoms with van der Waals surface area (Å²) >= 11 is 2.76. The smallest absolute Gasteiger partial charge is 0.260 e. The summed E-state index contributed by atoms with van der Waals surface area (Å²) in [5.74, 6) is 0.732. The molecule has 0 spiro atoms. The van der Waals surface area contributed by atoms with Gasteiger partial charge in [0.1, 0.15) is 10.6 Å². The van der Waals surface area contributed by atoms with E-state index in [1.807, 2.05) is 35.7 Å². The predicted molar refractivity (Wildman–Crippen MR) is 114 cm³/mol. The Hall–Kier alpha value is -2.29. The lowest BCUT2D eigenvalue weighted by molar-refractivity contribution is 0.628. The van der Waals surface area contributed by atoms with Crippen LogP contribution in [0.1, 0.15) is 0 Å². The Labute approximate surface area is 171 Å². The summed E-state index contributed by atoms with van der Waals surface area (Å²) in [6.07, 6.45) is 0. The van der Waals surface area contributed by atoms with Crippen molar-refractivity contribution in [1.82, 2.24) is 9.97 Å². The van der Waals surface area contributed by atoms with Crippen LogP contribution in [0, 0.1) is 5.82 Å². The van der Waals surface area contributed by atoms with Crippen molar-refractivity contribution in [3.05, 3.63) is 76.1 Å². The van der Waals surface area contributed by atoms with E-state index >= 15 is 0 Å². The van der Waals surface area contributed by atoms with Crippen molar-refractivity contribution in [3.63, 3.8) is 0 Å². The maximum atomic E-state index is 13.2. The summed E-state index contributed by atoms with van der Waals surface area (Å²) in [5, 5.41) is 2.88. The fourth-order valence-electron chi connectivity index (χ4n) is 2.74. The molecule has 1 N–H and O–H groups in total. The van der Waals surface area contributed by atoms with Gasteiger partial charge in [0.25, 0.3) is 5.56 Å². The minimum absolute atomic E-state index is 0.225. The molecule has 4 nitrogen and oxygen atoms in total. The molecule has 142 valence electrons. The highest BCUT2D eigenvalue weighted by Crippen LogP contribution is 2.31. The van der Waals surface area contributed by atoms with Gasteiger partial charge in [-0.05, 0) is 29.8 Å². The standard InChI is InChI=1S/C20H15FN2O2S3/c21-14-8-6-13(7-9-14)16-12-27-19-17(16)18(24)22-20(23-19)26-10-11-28(25)15-4-2-1-3-5-15/h1-9,12H,10-11H2,(H,22,23,24)/t28-/m0/s1. The number of nitrogens with zero attached hydrogens (tertiary/aromatic N) is 1. The number of hydrogen-bond acceptors (Lipinski definition) is 5. The van der Waals surface area contributed by atoms with E-state index in [0.29, 0.717) is 26.9 Å². The van der Waals surface area contributed by atoms with Crippen molar-refractivity contribution in [3.8, 4) is 11.1 Å². The van der Waals surface area contributed by atoms with Gasteiger partial charge in [-0.1, -0.05) is 42.1 Å². The second-order valence-corrected chi connectivity index (χ2v) is 9.43. The molecular formula is C20H15FN2O2S3. The number of halogens is 1. The summed E-state index contributed by atoms with van der Waals surface area (Å²) < 4.78 is 25.4. The van der Waals surface area contributed by atoms with Gasteiger partial charge in [0.05, 0.1) is 16.2 Å². The molecule has 0 aliphatic rings. The van der Waals surface area contributed by atoms with Crippen molar-refractivity contribution >= 4 is 44.1 Å². The molecule has 0 radical (unpaired) electrons. The van der Waals surface area contributed by atoms with E-state index in [0.717, 1.165) is 16.0 Å². The average Bonchev–Trinajstić information content (AvgIpc) is 3.14. The molecule has 0 amide bonds. The number of fused-ring (bicyclic) bond motifs is 1. The fourth-order valence-corrected chi connectivity index (χ4v) is 5.90. The lowest BCUT2D eigenvalue weighted by Crippen LogP contribution is -2.09. The zero-order chi connectivity index (χ0) is 19.5. The maximum absolute atomic E-state index is 13.2. The van der Waals surface area contributed by atoms with Gasteiger partial charge >= 0.3 is 0 Å². The first-order valence-electron chi connectivity index (χ1n) is 8.45. The van der Waals surface area contributed by atoms with E-state index < -0.39 is 10.8 Å². The van der Waals surface area contributed by atoms with Crippen molar-refractivity contribution < 1.29 is 8.60 Å². The Morgan fingerprint density at radius 1 is 1.11 bits per heavy atom. The lowest BCUT2D eigenvalue weighted by Gasteiger charge is -2.03. The van der Waals surface area contributed by atoms with Gasteiger partial charge in [-0.3, -0.25) is 9.00 Å². The molecule has 28 heavy (non-hydrogen) atoms. The third-order valence-corrected chi connectivity index (χ3v) is 7.47. The van der Waals surface area contributed by atoms with Crippen LogP contribution < -0.4 is 5.56 Å². The third kappa shape index (κ3) is 4.09. The minimum Gasteiger partial charge on any atom is -0.301 e. The number of aromatic amines is 1. The molecule has 0 aliphatic heterocycles. The van der Waals surface area contributed by atoms with Gasteiger partial charge < -0.3 is 4.98 Å². The number of thioether (sulfide) groups is 1. The van der Waals surface area contributed by atoms with Crippen LogP contribution in [0.4, 0.5) is 4.39 Å². The summed E-state index contributed by atoms with van der Waals surface area (Å²) in [6, 6.07) is 15.3. The number of nitrogens with one attached hydrogen (secondary N) is 1. The normalized spacial score (nSPS) is 12.3. The lowest BCUT2D eigenvalue weighted by atomic mass is 10.1. The predicted octanol–water partition coefficient (Wildman–Crippen LogP) is 4.69. The van der Waals surface area contributed by atoms with Gasteiger partial charge in [0.2, 0.25) is 0 Å². The van der Waals surface area contributed by atoms with E-state index in [2.05, 4.69) is 9.97 Å². The highest BCUT2D eigenvalue weighted by Gasteiger charge is 2.13. The topological polar surface area (TPSA) is 62.8 Å². The molecule has 0 fully saturated rings. The number of H-pyrrole nitrogens is 1. The first-order valence-corrected chi connectivity index (χ1v) is 11.6. The van der Waals surface area contributed by atoms with Crippen molar-refractivity contribution in [2.75, 3.05) is 11.5 Å². The number of aromatic nitrogens is 2. The van der Waals surface area contributed by atoms with Crippen LogP contribution in [-0.4, -0.2) is 25.7 Å². The maximum Gasteiger partial charge on any atom is 0.260 e. The Morgan fingerprint density at radius 2 is 1.86 bits per heavy atom. The van der Waals surface area contributed by atoms with Gasteiger partial charge in [-0.25, -0.2) is 9.37 Å². The van der Waals surface area contributed by atoms with Crippen LogP contribution in [0.3, 0.4) is 0 Å². The molecule has 0 bridgehead atoms. The van der Waals surface area contributed by atoms with Crippen LogP contribution >= 0.6 is 23.1 Å². The van der Waals surface area contributed by atoms with E-state index in [1.165, 1.54) is 35.2 Å². The van der Waals surface area contributed by atoms with Gasteiger partial charge in [0, 0.05) is 27.3 Å². The van der Waals surface area contributed by atoms with Crippen LogP contribution in [0.15, 0.2) is 74.8 Å². The highest BCUT2D eigenvalue weighted by atomic mass is 32.2. The summed E-state index contributed by atoms with van der Waals surface area (Å²) in [6.45, 7) is 0. The second kappa shape index (κ2) is 8.38. The molecule has 8 heteroatoms. The highest BCUT2D eigenvalue weighted by molar-refractivity contribution is 8.00. The molecule has 0 saturated heterocycles. The number of hydrogen-bond donors (Lipinski definition) is 1. The largest absolute Gasteiger partial charge is 0.301 e. The zero-order valence-electron chi connectivity index (χ0n) is 14.6. The van der Waals surface area contributed by atoms with E-state index in [9.17, 15) is 13.4 Å². The molecule has 4 rings (SSSR count). The summed E-state index contributed by atoms with van der Waals surface area (Å²) in [5.41, 5.74) is 1.30. The first-order chi connectivity index (χ1) is 13.6. The molecule has 2 aromatic carbocycles. The van der Waals surface area contributed by atoms with Crippen LogP contribution in [-0.2, 0) is 10.8 Å². The number of rotatable bonds is 6. The molecule has 0 aliphatic carbocycles. The summed E-state index contributed by atoms with van der Waals surface area (Å²) in [7, 11) is -1.08. The van der Waals surface area contributed by atoms with E-state index in [-0.39, 0.29) is 11.4 Å². The van der Waals surface area contributed by atoms with Crippen LogP contribution in [0.2, 0.25) is 0 Å². The quantitative estimate of drug-likeness (QED) is 0.356. The second-order valence-electron chi connectivity index (χ2n) is 5.92. The minimum atomic E-state index is -1.08.